The molecule has 0 amide bonds. The fraction of sp³-hybridized carbons (Fsp3) is 0.375. The van der Waals surface area contributed by atoms with Crippen LogP contribution in [0.1, 0.15) is 36.1 Å². The van der Waals surface area contributed by atoms with Crippen molar-refractivity contribution in [3.05, 3.63) is 69.1 Å². The molecule has 0 unspecified atom stereocenters. The highest BCUT2D eigenvalue weighted by Crippen LogP contribution is 2.28. The van der Waals surface area contributed by atoms with E-state index in [9.17, 15) is 4.79 Å². The third-order valence-electron chi connectivity index (χ3n) is 4.96. The van der Waals surface area contributed by atoms with Gasteiger partial charge < -0.3 is 19.2 Å². The SMILES string of the molecule is CCOc1ccc(CCNCc2cc(=O)oc3cc(C)c(C)cc23)cc1OCC. The van der Waals surface area contributed by atoms with Crippen LogP contribution in [-0.2, 0) is 13.0 Å². The van der Waals surface area contributed by atoms with E-state index in [1.807, 2.05) is 39.0 Å². The third kappa shape index (κ3) is 5.18. The van der Waals surface area contributed by atoms with Crippen molar-refractivity contribution in [1.29, 1.82) is 0 Å². The summed E-state index contributed by atoms with van der Waals surface area (Å²) in [5.74, 6) is 1.56. The van der Waals surface area contributed by atoms with E-state index in [1.54, 1.807) is 6.07 Å². The summed E-state index contributed by atoms with van der Waals surface area (Å²) in [6, 6.07) is 11.7. The Morgan fingerprint density at radius 2 is 1.66 bits per heavy atom. The van der Waals surface area contributed by atoms with Crippen LogP contribution in [0.3, 0.4) is 0 Å². The molecular formula is C24H29NO4. The van der Waals surface area contributed by atoms with Crippen LogP contribution in [-0.4, -0.2) is 19.8 Å². The Kier molecular flexibility index (Phi) is 6.94. The molecule has 0 aliphatic carbocycles. The molecule has 0 aliphatic heterocycles. The molecule has 5 heteroatoms. The summed E-state index contributed by atoms with van der Waals surface area (Å²) in [6.07, 6.45) is 0.851. The van der Waals surface area contributed by atoms with Crippen molar-refractivity contribution in [2.45, 2.75) is 40.7 Å². The monoisotopic (exact) mass is 395 g/mol. The van der Waals surface area contributed by atoms with E-state index in [4.69, 9.17) is 13.9 Å². The molecule has 0 bridgehead atoms. The molecule has 29 heavy (non-hydrogen) atoms. The lowest BCUT2D eigenvalue weighted by Gasteiger charge is -2.13. The van der Waals surface area contributed by atoms with Crippen molar-refractivity contribution in [1.82, 2.24) is 5.32 Å². The molecule has 5 nitrogen and oxygen atoms in total. The molecule has 3 rings (SSSR count). The van der Waals surface area contributed by atoms with Crippen LogP contribution in [0.2, 0.25) is 0 Å². The molecule has 0 saturated carbocycles. The van der Waals surface area contributed by atoms with E-state index in [0.29, 0.717) is 25.3 Å². The second kappa shape index (κ2) is 9.61. The van der Waals surface area contributed by atoms with Gasteiger partial charge in [0.25, 0.3) is 0 Å². The first-order valence-corrected chi connectivity index (χ1v) is 10.1. The zero-order chi connectivity index (χ0) is 20.8. The van der Waals surface area contributed by atoms with E-state index in [-0.39, 0.29) is 5.63 Å². The largest absolute Gasteiger partial charge is 0.490 e. The molecule has 0 saturated heterocycles. The Hall–Kier alpha value is -2.79. The van der Waals surface area contributed by atoms with E-state index in [0.717, 1.165) is 41.0 Å². The second-order valence-electron chi connectivity index (χ2n) is 7.10. The van der Waals surface area contributed by atoms with Gasteiger partial charge in [0.1, 0.15) is 5.58 Å². The molecule has 154 valence electrons. The fourth-order valence-corrected chi connectivity index (χ4v) is 3.34. The zero-order valence-corrected chi connectivity index (χ0v) is 17.6. The van der Waals surface area contributed by atoms with Crippen LogP contribution in [0, 0.1) is 13.8 Å². The number of aryl methyl sites for hydroxylation is 2. The lowest BCUT2D eigenvalue weighted by Crippen LogP contribution is -2.18. The number of benzene rings is 2. The lowest BCUT2D eigenvalue weighted by molar-refractivity contribution is 0.287. The predicted octanol–water partition coefficient (Wildman–Crippen LogP) is 4.54. The van der Waals surface area contributed by atoms with Gasteiger partial charge in [-0.15, -0.1) is 0 Å². The topological polar surface area (TPSA) is 60.7 Å². The van der Waals surface area contributed by atoms with Gasteiger partial charge >= 0.3 is 5.63 Å². The van der Waals surface area contributed by atoms with Gasteiger partial charge in [-0.3, -0.25) is 0 Å². The normalized spacial score (nSPS) is 11.0. The molecule has 0 atom stereocenters. The number of hydrogen-bond acceptors (Lipinski definition) is 5. The van der Waals surface area contributed by atoms with Gasteiger partial charge in [-0.05, 0) is 87.2 Å². The van der Waals surface area contributed by atoms with E-state index < -0.39 is 0 Å². The van der Waals surface area contributed by atoms with Crippen LogP contribution < -0.4 is 20.4 Å². The van der Waals surface area contributed by atoms with Crippen molar-refractivity contribution in [2.24, 2.45) is 0 Å². The molecule has 0 aliphatic rings. The minimum absolute atomic E-state index is 0.314. The van der Waals surface area contributed by atoms with Crippen molar-refractivity contribution < 1.29 is 13.9 Å². The smallest absolute Gasteiger partial charge is 0.336 e. The molecular weight excluding hydrogens is 366 g/mol. The standard InChI is InChI=1S/C24H29NO4/c1-5-27-21-8-7-18(13-23(21)28-6-2)9-10-25-15-19-14-24(26)29-22-12-17(4)16(3)11-20(19)22/h7-8,11-14,25H,5-6,9-10,15H2,1-4H3. The summed E-state index contributed by atoms with van der Waals surface area (Å²) in [5, 5.41) is 4.43. The fourth-order valence-electron chi connectivity index (χ4n) is 3.34. The molecule has 0 fully saturated rings. The van der Waals surface area contributed by atoms with Gasteiger partial charge in [-0.25, -0.2) is 4.79 Å². The predicted molar refractivity (Wildman–Crippen MR) is 116 cm³/mol. The molecule has 2 aromatic carbocycles. The lowest BCUT2D eigenvalue weighted by atomic mass is 10.0. The van der Waals surface area contributed by atoms with E-state index in [1.165, 1.54) is 11.1 Å². The zero-order valence-electron chi connectivity index (χ0n) is 17.6. The van der Waals surface area contributed by atoms with Crippen molar-refractivity contribution in [3.63, 3.8) is 0 Å². The summed E-state index contributed by atoms with van der Waals surface area (Å²) in [6.45, 7) is 10.6. The number of ether oxygens (including phenoxy) is 2. The minimum Gasteiger partial charge on any atom is -0.490 e. The van der Waals surface area contributed by atoms with Crippen LogP contribution in [0.25, 0.3) is 11.0 Å². The average molecular weight is 395 g/mol. The molecule has 1 heterocycles. The molecule has 3 aromatic rings. The summed E-state index contributed by atoms with van der Waals surface area (Å²) in [5.41, 5.74) is 4.77. The van der Waals surface area contributed by atoms with Crippen molar-refractivity contribution >= 4 is 11.0 Å². The Morgan fingerprint density at radius 3 is 2.41 bits per heavy atom. The van der Waals surface area contributed by atoms with Gasteiger partial charge in [-0.1, -0.05) is 6.07 Å². The van der Waals surface area contributed by atoms with Gasteiger partial charge in [-0.2, -0.15) is 0 Å². The molecule has 0 spiro atoms. The van der Waals surface area contributed by atoms with Crippen LogP contribution in [0.5, 0.6) is 11.5 Å². The minimum atomic E-state index is -0.314. The van der Waals surface area contributed by atoms with Gasteiger partial charge in [0.05, 0.1) is 13.2 Å². The van der Waals surface area contributed by atoms with Gasteiger partial charge in [0.2, 0.25) is 0 Å². The molecule has 0 radical (unpaired) electrons. The Morgan fingerprint density at radius 1 is 0.931 bits per heavy atom. The first-order chi connectivity index (χ1) is 14.0. The highest BCUT2D eigenvalue weighted by Gasteiger charge is 2.09. The highest BCUT2D eigenvalue weighted by molar-refractivity contribution is 5.81. The maximum atomic E-state index is 11.9. The van der Waals surface area contributed by atoms with Crippen LogP contribution >= 0.6 is 0 Å². The number of fused-ring (bicyclic) bond motifs is 1. The maximum absolute atomic E-state index is 11.9. The molecule has 1 N–H and O–H groups in total. The molecule has 1 aromatic heterocycles. The number of hydrogen-bond donors (Lipinski definition) is 1. The quantitative estimate of drug-likeness (QED) is 0.426. The Bertz CT molecular complexity index is 1040. The van der Waals surface area contributed by atoms with Crippen LogP contribution in [0.15, 0.2) is 45.6 Å². The van der Waals surface area contributed by atoms with Crippen molar-refractivity contribution in [2.75, 3.05) is 19.8 Å². The second-order valence-corrected chi connectivity index (χ2v) is 7.10. The summed E-state index contributed by atoms with van der Waals surface area (Å²) < 4.78 is 16.7. The Balaban J connectivity index is 1.67. The van der Waals surface area contributed by atoms with Gasteiger partial charge in [0.15, 0.2) is 11.5 Å². The Labute approximate surface area is 171 Å². The van der Waals surface area contributed by atoms with E-state index >= 15 is 0 Å². The first kappa shape index (κ1) is 20.9. The van der Waals surface area contributed by atoms with Crippen molar-refractivity contribution in [3.8, 4) is 11.5 Å². The number of nitrogens with one attached hydrogen (secondary N) is 1. The highest BCUT2D eigenvalue weighted by atomic mass is 16.5. The summed E-state index contributed by atoms with van der Waals surface area (Å²) in [7, 11) is 0. The van der Waals surface area contributed by atoms with Gasteiger partial charge in [0, 0.05) is 18.0 Å². The third-order valence-corrected chi connectivity index (χ3v) is 4.96. The summed E-state index contributed by atoms with van der Waals surface area (Å²) in [4.78, 5) is 11.9. The number of rotatable bonds is 9. The summed E-state index contributed by atoms with van der Waals surface area (Å²) >= 11 is 0. The first-order valence-electron chi connectivity index (χ1n) is 10.1. The average Bonchev–Trinajstić information content (AvgIpc) is 2.68. The van der Waals surface area contributed by atoms with E-state index in [2.05, 4.69) is 24.4 Å². The van der Waals surface area contributed by atoms with Crippen LogP contribution in [0.4, 0.5) is 0 Å². The maximum Gasteiger partial charge on any atom is 0.336 e.